The zero-order valence-electron chi connectivity index (χ0n) is 7.97. The number of nitrogens with zero attached hydrogens (tertiary/aromatic N) is 1. The van der Waals surface area contributed by atoms with Gasteiger partial charge in [0.25, 0.3) is 5.91 Å². The molecule has 1 aromatic carbocycles. The number of amides is 1. The van der Waals surface area contributed by atoms with Gasteiger partial charge in [-0.1, -0.05) is 24.3 Å². The number of carbonyl (C=O) groups is 1. The molecule has 0 heterocycles. The van der Waals surface area contributed by atoms with E-state index in [4.69, 9.17) is 16.1 Å². The van der Waals surface area contributed by atoms with Crippen LogP contribution in [-0.4, -0.2) is 11.0 Å². The Labute approximate surface area is 87.3 Å². The molecule has 0 fully saturated rings. The smallest absolute Gasteiger partial charge is 0.259 e. The maximum Gasteiger partial charge on any atom is 0.259 e. The Morgan fingerprint density at radius 1 is 1.47 bits per heavy atom. The second-order valence-electron chi connectivity index (χ2n) is 2.93. The predicted octanol–water partition coefficient (Wildman–Crippen LogP) is 0.571. The zero-order chi connectivity index (χ0) is 11.3. The van der Waals surface area contributed by atoms with Crippen LogP contribution < -0.4 is 5.73 Å². The van der Waals surface area contributed by atoms with Crippen molar-refractivity contribution in [3.8, 4) is 6.07 Å². The van der Waals surface area contributed by atoms with Gasteiger partial charge in [-0.15, -0.1) is 0 Å². The van der Waals surface area contributed by atoms with Crippen molar-refractivity contribution in [1.29, 1.82) is 5.26 Å². The third-order valence-electron chi connectivity index (χ3n) is 1.86. The van der Waals surface area contributed by atoms with Crippen LogP contribution in [0.4, 0.5) is 0 Å². The Balaban J connectivity index is 2.98. The van der Waals surface area contributed by atoms with E-state index in [1.807, 2.05) is 0 Å². The van der Waals surface area contributed by atoms with Crippen LogP contribution >= 0.6 is 0 Å². The average molecular weight is 202 g/mol. The summed E-state index contributed by atoms with van der Waals surface area (Å²) in [6.07, 6.45) is 1.41. The third kappa shape index (κ3) is 2.93. The van der Waals surface area contributed by atoms with Gasteiger partial charge in [-0.3, -0.25) is 4.79 Å². The first-order valence-corrected chi connectivity index (χ1v) is 4.28. The number of nitrogens with two attached hydrogens (primary N) is 1. The normalized spacial score (nSPS) is 10.8. The number of rotatable bonds is 3. The van der Waals surface area contributed by atoms with Crippen molar-refractivity contribution in [2.75, 3.05) is 0 Å². The average Bonchev–Trinajstić information content (AvgIpc) is 2.26. The van der Waals surface area contributed by atoms with Gasteiger partial charge in [-0.25, -0.2) is 0 Å². The highest BCUT2D eigenvalue weighted by Gasteiger charge is 2.02. The first-order valence-electron chi connectivity index (χ1n) is 4.28. The van der Waals surface area contributed by atoms with Crippen LogP contribution in [0.25, 0.3) is 6.08 Å². The minimum absolute atomic E-state index is 0.0368. The minimum Gasteiger partial charge on any atom is -0.392 e. The molecule has 76 valence electrons. The molecule has 1 aromatic rings. The molecule has 0 unspecified atom stereocenters. The fourth-order valence-electron chi connectivity index (χ4n) is 1.04. The molecule has 1 amide bonds. The topological polar surface area (TPSA) is 87.1 Å². The standard InChI is InChI=1S/C11H10N2O2/c12-6-10(11(13)15)5-8-1-3-9(7-14)4-2-8/h1-5,14H,7H2,(H2,13,15)/b10-5+. The molecule has 0 saturated heterocycles. The highest BCUT2D eigenvalue weighted by Crippen LogP contribution is 2.08. The van der Waals surface area contributed by atoms with Crippen LogP contribution in [0.15, 0.2) is 29.8 Å². The van der Waals surface area contributed by atoms with E-state index in [1.165, 1.54) is 6.08 Å². The van der Waals surface area contributed by atoms with E-state index in [0.717, 1.165) is 5.56 Å². The molecule has 0 radical (unpaired) electrons. The molecule has 0 atom stereocenters. The van der Waals surface area contributed by atoms with Crippen LogP contribution in [0, 0.1) is 11.3 Å². The van der Waals surface area contributed by atoms with E-state index in [1.54, 1.807) is 30.3 Å². The van der Waals surface area contributed by atoms with Crippen LogP contribution in [0.1, 0.15) is 11.1 Å². The molecule has 1 rings (SSSR count). The van der Waals surface area contributed by atoms with Gasteiger partial charge in [0.1, 0.15) is 11.6 Å². The van der Waals surface area contributed by atoms with Crippen molar-refractivity contribution >= 4 is 12.0 Å². The monoisotopic (exact) mass is 202 g/mol. The summed E-state index contributed by atoms with van der Waals surface area (Å²) >= 11 is 0. The fourth-order valence-corrected chi connectivity index (χ4v) is 1.04. The van der Waals surface area contributed by atoms with Gasteiger partial charge in [0.2, 0.25) is 0 Å². The molecular weight excluding hydrogens is 192 g/mol. The second kappa shape index (κ2) is 4.94. The first kappa shape index (κ1) is 11.0. The van der Waals surface area contributed by atoms with E-state index in [-0.39, 0.29) is 12.2 Å². The number of hydrogen-bond acceptors (Lipinski definition) is 3. The Morgan fingerprint density at radius 3 is 2.47 bits per heavy atom. The number of primary amides is 1. The molecule has 0 spiro atoms. The third-order valence-corrected chi connectivity index (χ3v) is 1.86. The largest absolute Gasteiger partial charge is 0.392 e. The van der Waals surface area contributed by atoms with Crippen molar-refractivity contribution in [2.45, 2.75) is 6.61 Å². The molecule has 0 saturated carbocycles. The van der Waals surface area contributed by atoms with E-state index in [0.29, 0.717) is 5.56 Å². The molecule has 0 aliphatic heterocycles. The summed E-state index contributed by atoms with van der Waals surface area (Å²) in [4.78, 5) is 10.7. The summed E-state index contributed by atoms with van der Waals surface area (Å²) in [5, 5.41) is 17.4. The van der Waals surface area contributed by atoms with Gasteiger partial charge < -0.3 is 10.8 Å². The Morgan fingerprint density at radius 2 is 2.07 bits per heavy atom. The molecular formula is C11H10N2O2. The van der Waals surface area contributed by atoms with Gasteiger partial charge in [0, 0.05) is 0 Å². The van der Waals surface area contributed by atoms with Gasteiger partial charge in [0.05, 0.1) is 6.61 Å². The second-order valence-corrected chi connectivity index (χ2v) is 2.93. The van der Waals surface area contributed by atoms with Crippen molar-refractivity contribution in [3.05, 3.63) is 41.0 Å². The number of benzene rings is 1. The summed E-state index contributed by atoms with van der Waals surface area (Å²) in [5.74, 6) is -0.747. The summed E-state index contributed by atoms with van der Waals surface area (Å²) in [6, 6.07) is 8.54. The first-order chi connectivity index (χ1) is 7.17. The van der Waals surface area contributed by atoms with Crippen molar-refractivity contribution in [3.63, 3.8) is 0 Å². The quantitative estimate of drug-likeness (QED) is 0.555. The minimum atomic E-state index is -0.747. The van der Waals surface area contributed by atoms with Gasteiger partial charge in [-0.05, 0) is 17.2 Å². The number of aliphatic hydroxyl groups is 1. The summed E-state index contributed by atoms with van der Waals surface area (Å²) in [5.41, 5.74) is 6.36. The van der Waals surface area contributed by atoms with Crippen molar-refractivity contribution in [2.24, 2.45) is 5.73 Å². The molecule has 3 N–H and O–H groups in total. The number of nitriles is 1. The van der Waals surface area contributed by atoms with E-state index in [2.05, 4.69) is 0 Å². The maximum absolute atomic E-state index is 10.7. The maximum atomic E-state index is 10.7. The van der Waals surface area contributed by atoms with Crippen LogP contribution in [0.5, 0.6) is 0 Å². The molecule has 0 aliphatic carbocycles. The van der Waals surface area contributed by atoms with E-state index < -0.39 is 5.91 Å². The van der Waals surface area contributed by atoms with Gasteiger partial charge >= 0.3 is 0 Å². The molecule has 0 aromatic heterocycles. The molecule has 4 heteroatoms. The van der Waals surface area contributed by atoms with Crippen LogP contribution in [0.3, 0.4) is 0 Å². The molecule has 0 bridgehead atoms. The van der Waals surface area contributed by atoms with Crippen molar-refractivity contribution in [1.82, 2.24) is 0 Å². The Hall–Kier alpha value is -2.12. The van der Waals surface area contributed by atoms with Crippen LogP contribution in [0.2, 0.25) is 0 Å². The zero-order valence-corrected chi connectivity index (χ0v) is 7.97. The summed E-state index contributed by atoms with van der Waals surface area (Å²) in [7, 11) is 0. The van der Waals surface area contributed by atoms with Crippen molar-refractivity contribution < 1.29 is 9.90 Å². The lowest BCUT2D eigenvalue weighted by atomic mass is 10.1. The Kier molecular flexibility index (Phi) is 3.61. The molecule has 15 heavy (non-hydrogen) atoms. The SMILES string of the molecule is N#C/C(=C\c1ccc(CO)cc1)C(N)=O. The lowest BCUT2D eigenvalue weighted by molar-refractivity contribution is -0.114. The highest BCUT2D eigenvalue weighted by atomic mass is 16.3. The van der Waals surface area contributed by atoms with Crippen LogP contribution in [-0.2, 0) is 11.4 Å². The van der Waals surface area contributed by atoms with E-state index >= 15 is 0 Å². The van der Waals surface area contributed by atoms with E-state index in [9.17, 15) is 4.79 Å². The molecule has 0 aliphatic rings. The summed E-state index contributed by atoms with van der Waals surface area (Å²) in [6.45, 7) is -0.0368. The predicted molar refractivity (Wildman–Crippen MR) is 55.1 cm³/mol. The lowest BCUT2D eigenvalue weighted by Crippen LogP contribution is -2.12. The fraction of sp³-hybridized carbons (Fsp3) is 0.0909. The van der Waals surface area contributed by atoms with Gasteiger partial charge in [-0.2, -0.15) is 5.26 Å². The molecule has 4 nitrogen and oxygen atoms in total. The summed E-state index contributed by atoms with van der Waals surface area (Å²) < 4.78 is 0. The number of aliphatic hydroxyl groups excluding tert-OH is 1. The Bertz CT molecular complexity index is 427. The number of carbonyl (C=O) groups excluding carboxylic acids is 1. The van der Waals surface area contributed by atoms with Gasteiger partial charge in [0.15, 0.2) is 0 Å². The number of hydrogen-bond donors (Lipinski definition) is 2. The lowest BCUT2D eigenvalue weighted by Gasteiger charge is -1.97. The highest BCUT2D eigenvalue weighted by molar-refractivity contribution is 6.00.